The summed E-state index contributed by atoms with van der Waals surface area (Å²) in [5, 5.41) is 0. The van der Waals surface area contributed by atoms with Gasteiger partial charge in [-0.3, -0.25) is 4.90 Å². The lowest BCUT2D eigenvalue weighted by Crippen LogP contribution is -2.42. The molecule has 3 unspecified atom stereocenters. The summed E-state index contributed by atoms with van der Waals surface area (Å²) in [5.74, 6) is 0.762. The molecule has 116 valence electrons. The van der Waals surface area contributed by atoms with Crippen molar-refractivity contribution in [2.75, 3.05) is 32.7 Å². The van der Waals surface area contributed by atoms with E-state index in [1.54, 1.807) is 0 Å². The largest absolute Gasteiger partial charge is 0.327 e. The number of nitrogens with two attached hydrogens (primary N) is 1. The second-order valence-electron chi connectivity index (χ2n) is 7.36. The van der Waals surface area contributed by atoms with Gasteiger partial charge in [0, 0.05) is 25.2 Å². The van der Waals surface area contributed by atoms with Crippen molar-refractivity contribution in [3.05, 3.63) is 0 Å². The molecular weight excluding hydrogens is 246 g/mol. The lowest BCUT2D eigenvalue weighted by Gasteiger charge is -2.33. The van der Waals surface area contributed by atoms with Crippen LogP contribution in [0.2, 0.25) is 0 Å². The van der Waals surface area contributed by atoms with Gasteiger partial charge in [-0.1, -0.05) is 25.7 Å². The van der Waals surface area contributed by atoms with Crippen molar-refractivity contribution >= 4 is 0 Å². The molecule has 0 spiro atoms. The number of piperidine rings is 1. The van der Waals surface area contributed by atoms with Crippen molar-refractivity contribution in [1.82, 2.24) is 9.80 Å². The van der Waals surface area contributed by atoms with Crippen LogP contribution in [0.15, 0.2) is 0 Å². The molecule has 0 radical (unpaired) electrons. The second-order valence-corrected chi connectivity index (χ2v) is 7.36. The molecule has 3 heteroatoms. The average Bonchev–Trinajstić information content (AvgIpc) is 2.86. The van der Waals surface area contributed by atoms with Crippen LogP contribution in [0.5, 0.6) is 0 Å². The minimum Gasteiger partial charge on any atom is -0.327 e. The van der Waals surface area contributed by atoms with E-state index >= 15 is 0 Å². The fourth-order valence-electron chi connectivity index (χ4n) is 4.53. The van der Waals surface area contributed by atoms with Crippen LogP contribution >= 0.6 is 0 Å². The molecule has 2 saturated heterocycles. The van der Waals surface area contributed by atoms with E-state index in [0.717, 1.165) is 12.0 Å². The maximum Gasteiger partial charge on any atom is 0.0235 e. The number of hydrogen-bond acceptors (Lipinski definition) is 3. The Balaban J connectivity index is 1.46. The Bertz CT molecular complexity index is 288. The van der Waals surface area contributed by atoms with Crippen LogP contribution in [0.3, 0.4) is 0 Å². The molecule has 20 heavy (non-hydrogen) atoms. The van der Waals surface area contributed by atoms with E-state index < -0.39 is 0 Å². The molecule has 3 aliphatic rings. The van der Waals surface area contributed by atoms with Gasteiger partial charge in [-0.15, -0.1) is 0 Å². The van der Waals surface area contributed by atoms with E-state index in [0.29, 0.717) is 6.04 Å². The van der Waals surface area contributed by atoms with Crippen LogP contribution in [0.4, 0.5) is 0 Å². The third kappa shape index (κ3) is 3.75. The molecule has 0 aromatic heterocycles. The van der Waals surface area contributed by atoms with Crippen molar-refractivity contribution < 1.29 is 0 Å². The van der Waals surface area contributed by atoms with Crippen LogP contribution in [0.1, 0.15) is 57.8 Å². The van der Waals surface area contributed by atoms with E-state index in [1.807, 2.05) is 0 Å². The standard InChI is InChI=1S/C17H33N3/c18-17-8-4-1-3-7-15(17)13-19-12-9-16(14-19)20-10-5-2-6-11-20/h15-17H,1-14,18H2. The van der Waals surface area contributed by atoms with Crippen LogP contribution < -0.4 is 5.73 Å². The lowest BCUT2D eigenvalue weighted by atomic mass is 9.95. The summed E-state index contributed by atoms with van der Waals surface area (Å²) < 4.78 is 0. The lowest BCUT2D eigenvalue weighted by molar-refractivity contribution is 0.156. The fraction of sp³-hybridized carbons (Fsp3) is 1.00. The Morgan fingerprint density at radius 2 is 1.55 bits per heavy atom. The normalized spacial score (nSPS) is 38.0. The van der Waals surface area contributed by atoms with Crippen LogP contribution in [0.25, 0.3) is 0 Å². The van der Waals surface area contributed by atoms with E-state index in [1.165, 1.54) is 90.5 Å². The zero-order chi connectivity index (χ0) is 13.8. The summed E-state index contributed by atoms with van der Waals surface area (Å²) >= 11 is 0. The summed E-state index contributed by atoms with van der Waals surface area (Å²) in [5.41, 5.74) is 6.40. The average molecular weight is 279 g/mol. The Hall–Kier alpha value is -0.120. The van der Waals surface area contributed by atoms with Gasteiger partial charge in [0.05, 0.1) is 0 Å². The van der Waals surface area contributed by atoms with Crippen LogP contribution in [-0.2, 0) is 0 Å². The topological polar surface area (TPSA) is 32.5 Å². The molecule has 0 aromatic rings. The maximum absolute atomic E-state index is 6.40. The van der Waals surface area contributed by atoms with Crippen molar-refractivity contribution in [3.8, 4) is 0 Å². The maximum atomic E-state index is 6.40. The van der Waals surface area contributed by atoms with E-state index in [9.17, 15) is 0 Å². The molecular formula is C17H33N3. The van der Waals surface area contributed by atoms with Gasteiger partial charge in [-0.05, 0) is 57.7 Å². The van der Waals surface area contributed by atoms with Gasteiger partial charge >= 0.3 is 0 Å². The van der Waals surface area contributed by atoms with Crippen molar-refractivity contribution in [3.63, 3.8) is 0 Å². The van der Waals surface area contributed by atoms with Gasteiger partial charge in [-0.25, -0.2) is 0 Å². The summed E-state index contributed by atoms with van der Waals surface area (Å²) in [6.07, 6.45) is 12.5. The summed E-state index contributed by atoms with van der Waals surface area (Å²) in [6.45, 7) is 6.59. The highest BCUT2D eigenvalue weighted by Gasteiger charge is 2.31. The molecule has 0 amide bonds. The first-order valence-electron chi connectivity index (χ1n) is 9.05. The first-order chi connectivity index (χ1) is 9.83. The summed E-state index contributed by atoms with van der Waals surface area (Å²) in [6, 6.07) is 1.31. The van der Waals surface area contributed by atoms with Crippen molar-refractivity contribution in [2.45, 2.75) is 69.9 Å². The molecule has 3 rings (SSSR count). The monoisotopic (exact) mass is 279 g/mol. The Labute approximate surface area is 124 Å². The van der Waals surface area contributed by atoms with E-state index in [-0.39, 0.29) is 0 Å². The first kappa shape index (κ1) is 14.8. The Morgan fingerprint density at radius 3 is 2.40 bits per heavy atom. The minimum atomic E-state index is 0.464. The van der Waals surface area contributed by atoms with Crippen molar-refractivity contribution in [1.29, 1.82) is 0 Å². The summed E-state index contributed by atoms with van der Waals surface area (Å²) in [7, 11) is 0. The van der Waals surface area contributed by atoms with E-state index in [2.05, 4.69) is 9.80 Å². The molecule has 3 fully saturated rings. The predicted octanol–water partition coefficient (Wildman–Crippen LogP) is 2.45. The molecule has 1 saturated carbocycles. The second kappa shape index (κ2) is 7.24. The molecule has 1 aliphatic carbocycles. The SMILES string of the molecule is NC1CCCCCC1CN1CCC(N2CCCCC2)C1. The Kier molecular flexibility index (Phi) is 5.36. The highest BCUT2D eigenvalue weighted by molar-refractivity contribution is 4.87. The number of hydrogen-bond donors (Lipinski definition) is 1. The van der Waals surface area contributed by atoms with E-state index in [4.69, 9.17) is 5.73 Å². The number of nitrogens with zero attached hydrogens (tertiary/aromatic N) is 2. The molecule has 2 heterocycles. The quantitative estimate of drug-likeness (QED) is 0.806. The Morgan fingerprint density at radius 1 is 0.800 bits per heavy atom. The first-order valence-corrected chi connectivity index (χ1v) is 9.05. The van der Waals surface area contributed by atoms with Gasteiger partial charge in [0.25, 0.3) is 0 Å². The third-order valence-corrected chi connectivity index (χ3v) is 5.87. The zero-order valence-electron chi connectivity index (χ0n) is 13.1. The number of rotatable bonds is 3. The smallest absolute Gasteiger partial charge is 0.0235 e. The van der Waals surface area contributed by atoms with Gasteiger partial charge in [0.2, 0.25) is 0 Å². The third-order valence-electron chi connectivity index (χ3n) is 5.87. The molecule has 2 N–H and O–H groups in total. The van der Waals surface area contributed by atoms with Gasteiger partial charge in [0.15, 0.2) is 0 Å². The molecule has 2 aliphatic heterocycles. The molecule has 0 aromatic carbocycles. The zero-order valence-corrected chi connectivity index (χ0v) is 13.1. The minimum absolute atomic E-state index is 0.464. The number of likely N-dealkylation sites (tertiary alicyclic amines) is 2. The van der Waals surface area contributed by atoms with Crippen LogP contribution in [0, 0.1) is 5.92 Å². The summed E-state index contributed by atoms with van der Waals surface area (Å²) in [4.78, 5) is 5.48. The molecule has 3 atom stereocenters. The van der Waals surface area contributed by atoms with Crippen molar-refractivity contribution in [2.24, 2.45) is 11.7 Å². The highest BCUT2D eigenvalue weighted by atomic mass is 15.3. The molecule has 0 bridgehead atoms. The molecule has 3 nitrogen and oxygen atoms in total. The fourth-order valence-corrected chi connectivity index (χ4v) is 4.53. The van der Waals surface area contributed by atoms with Crippen LogP contribution in [-0.4, -0.2) is 54.6 Å². The van der Waals surface area contributed by atoms with Gasteiger partial charge in [0.1, 0.15) is 0 Å². The van der Waals surface area contributed by atoms with Gasteiger partial charge in [-0.2, -0.15) is 0 Å². The van der Waals surface area contributed by atoms with Gasteiger partial charge < -0.3 is 10.6 Å². The highest BCUT2D eigenvalue weighted by Crippen LogP contribution is 2.26. The predicted molar refractivity (Wildman–Crippen MR) is 84.8 cm³/mol.